The molecule has 4 rings (SSSR count). The Balaban J connectivity index is 1.56. The summed E-state index contributed by atoms with van der Waals surface area (Å²) in [6.07, 6.45) is 1.77. The Bertz CT molecular complexity index is 763. The fourth-order valence-corrected chi connectivity index (χ4v) is 3.89. The van der Waals surface area contributed by atoms with Crippen molar-refractivity contribution in [3.8, 4) is 0 Å². The first-order chi connectivity index (χ1) is 11.7. The largest absolute Gasteiger partial charge is 0.381 e. The van der Waals surface area contributed by atoms with E-state index < -0.39 is 0 Å². The Hall–Kier alpha value is -1.98. The third-order valence-electron chi connectivity index (χ3n) is 5.25. The van der Waals surface area contributed by atoms with Crippen molar-refractivity contribution in [2.75, 3.05) is 39.5 Å². The highest BCUT2D eigenvalue weighted by Crippen LogP contribution is 2.42. The summed E-state index contributed by atoms with van der Waals surface area (Å²) >= 11 is 0. The van der Waals surface area contributed by atoms with E-state index in [2.05, 4.69) is 4.98 Å². The van der Waals surface area contributed by atoms with E-state index in [9.17, 15) is 4.79 Å². The molecule has 0 bridgehead atoms. The van der Waals surface area contributed by atoms with Crippen molar-refractivity contribution in [2.24, 2.45) is 11.3 Å². The number of hydrogen-bond acceptors (Lipinski definition) is 4. The van der Waals surface area contributed by atoms with Gasteiger partial charge in [0.25, 0.3) is 5.91 Å². The molecule has 5 nitrogen and oxygen atoms in total. The summed E-state index contributed by atoms with van der Waals surface area (Å²) in [5.41, 5.74) is 1.60. The Morgan fingerprint density at radius 3 is 3.25 bits per heavy atom. The van der Waals surface area contributed by atoms with Crippen molar-refractivity contribution in [3.63, 3.8) is 0 Å². The number of hydrogen-bond donors (Lipinski definition) is 0. The summed E-state index contributed by atoms with van der Waals surface area (Å²) in [5.74, 6) is 0.459. The fourth-order valence-electron chi connectivity index (χ4n) is 3.89. The van der Waals surface area contributed by atoms with Gasteiger partial charge < -0.3 is 14.4 Å². The molecule has 0 saturated carbocycles. The number of pyridine rings is 1. The van der Waals surface area contributed by atoms with Gasteiger partial charge in [0.05, 0.1) is 25.3 Å². The van der Waals surface area contributed by atoms with Crippen LogP contribution in [0.2, 0.25) is 0 Å². The molecule has 1 aromatic carbocycles. The Morgan fingerprint density at radius 2 is 2.38 bits per heavy atom. The van der Waals surface area contributed by atoms with Crippen LogP contribution in [-0.4, -0.2) is 55.3 Å². The van der Waals surface area contributed by atoms with Crippen LogP contribution in [0.3, 0.4) is 0 Å². The Labute approximate surface area is 141 Å². The van der Waals surface area contributed by atoms with Gasteiger partial charge in [-0.15, -0.1) is 0 Å². The highest BCUT2D eigenvalue weighted by Gasteiger charge is 2.52. The highest BCUT2D eigenvalue weighted by molar-refractivity contribution is 5.98. The second-order valence-electron chi connectivity index (χ2n) is 6.81. The first-order valence-electron chi connectivity index (χ1n) is 8.51. The number of aromatic nitrogens is 1. The lowest BCUT2D eigenvalue weighted by atomic mass is 9.82. The maximum Gasteiger partial charge on any atom is 0.253 e. The molecular weight excluding hydrogens is 304 g/mol. The van der Waals surface area contributed by atoms with Gasteiger partial charge in [0.2, 0.25) is 0 Å². The Morgan fingerprint density at radius 1 is 1.46 bits per heavy atom. The first kappa shape index (κ1) is 15.5. The van der Waals surface area contributed by atoms with Crippen molar-refractivity contribution in [1.29, 1.82) is 0 Å². The number of likely N-dealkylation sites (tertiary alicyclic amines) is 1. The van der Waals surface area contributed by atoms with Gasteiger partial charge in [-0.3, -0.25) is 9.78 Å². The quantitative estimate of drug-likeness (QED) is 0.865. The van der Waals surface area contributed by atoms with Crippen molar-refractivity contribution >= 4 is 16.8 Å². The molecule has 126 valence electrons. The highest BCUT2D eigenvalue weighted by atomic mass is 16.5. The van der Waals surface area contributed by atoms with Gasteiger partial charge in [0.1, 0.15) is 0 Å². The van der Waals surface area contributed by atoms with E-state index in [1.807, 2.05) is 42.2 Å². The number of ether oxygens (including phenoxy) is 2. The van der Waals surface area contributed by atoms with Crippen LogP contribution in [0, 0.1) is 11.3 Å². The van der Waals surface area contributed by atoms with Gasteiger partial charge in [-0.2, -0.15) is 0 Å². The summed E-state index contributed by atoms with van der Waals surface area (Å²) in [4.78, 5) is 19.2. The predicted molar refractivity (Wildman–Crippen MR) is 90.9 cm³/mol. The van der Waals surface area contributed by atoms with Gasteiger partial charge in [-0.1, -0.05) is 6.07 Å². The van der Waals surface area contributed by atoms with Crippen LogP contribution in [0.1, 0.15) is 17.3 Å². The van der Waals surface area contributed by atoms with Crippen LogP contribution in [0.15, 0.2) is 36.5 Å². The first-order valence-corrected chi connectivity index (χ1v) is 8.51. The van der Waals surface area contributed by atoms with E-state index in [1.54, 1.807) is 6.20 Å². The van der Waals surface area contributed by atoms with Crippen LogP contribution in [0.4, 0.5) is 0 Å². The molecule has 3 heterocycles. The van der Waals surface area contributed by atoms with E-state index in [0.29, 0.717) is 32.3 Å². The molecule has 0 radical (unpaired) electrons. The van der Waals surface area contributed by atoms with Gasteiger partial charge in [-0.25, -0.2) is 0 Å². The minimum absolute atomic E-state index is 0.0376. The maximum absolute atomic E-state index is 13.0. The van der Waals surface area contributed by atoms with E-state index in [0.717, 1.165) is 29.6 Å². The minimum Gasteiger partial charge on any atom is -0.381 e. The molecule has 2 atom stereocenters. The van der Waals surface area contributed by atoms with E-state index >= 15 is 0 Å². The van der Waals surface area contributed by atoms with Crippen LogP contribution < -0.4 is 0 Å². The third kappa shape index (κ3) is 2.58. The third-order valence-corrected chi connectivity index (χ3v) is 5.25. The number of carbonyl (C=O) groups is 1. The summed E-state index contributed by atoms with van der Waals surface area (Å²) < 4.78 is 11.4. The molecule has 24 heavy (non-hydrogen) atoms. The van der Waals surface area contributed by atoms with Gasteiger partial charge in [-0.05, 0) is 31.2 Å². The molecule has 2 aliphatic rings. The average molecular weight is 326 g/mol. The SMILES string of the molecule is CCOC[C@]12COC[C@H]1CN(C(=O)c1ccc3ncccc3c1)C2. The number of rotatable bonds is 4. The number of carbonyl (C=O) groups excluding carboxylic acids is 1. The monoisotopic (exact) mass is 326 g/mol. The van der Waals surface area contributed by atoms with Crippen LogP contribution >= 0.6 is 0 Å². The molecule has 0 aliphatic carbocycles. The standard InChI is InChI=1S/C19H22N2O3/c1-2-23-12-19-11-21(9-16(19)10-24-13-19)18(22)15-5-6-17-14(8-15)4-3-7-20-17/h3-8,16H,2,9-13H2,1H3/t16-,19-/m1/s1. The molecule has 5 heteroatoms. The second-order valence-corrected chi connectivity index (χ2v) is 6.81. The molecule has 2 saturated heterocycles. The zero-order valence-electron chi connectivity index (χ0n) is 13.9. The summed E-state index contributed by atoms with van der Waals surface area (Å²) in [5, 5.41) is 0.995. The van der Waals surface area contributed by atoms with E-state index in [4.69, 9.17) is 9.47 Å². The zero-order valence-corrected chi connectivity index (χ0v) is 13.9. The predicted octanol–water partition coefficient (Wildman–Crippen LogP) is 2.36. The van der Waals surface area contributed by atoms with Crippen molar-refractivity contribution in [3.05, 3.63) is 42.1 Å². The lowest BCUT2D eigenvalue weighted by molar-refractivity contribution is 0.0317. The second kappa shape index (κ2) is 6.15. The fraction of sp³-hybridized carbons (Fsp3) is 0.474. The van der Waals surface area contributed by atoms with Crippen molar-refractivity contribution in [1.82, 2.24) is 9.88 Å². The molecular formula is C19H22N2O3. The summed E-state index contributed by atoms with van der Waals surface area (Å²) in [6.45, 7) is 6.22. The molecule has 2 aliphatic heterocycles. The average Bonchev–Trinajstić information content (AvgIpc) is 3.16. The molecule has 0 spiro atoms. The van der Waals surface area contributed by atoms with Gasteiger partial charge in [0, 0.05) is 48.2 Å². The Kier molecular flexibility index (Phi) is 3.98. The van der Waals surface area contributed by atoms with Crippen molar-refractivity contribution < 1.29 is 14.3 Å². The van der Waals surface area contributed by atoms with Gasteiger partial charge in [0.15, 0.2) is 0 Å². The number of nitrogens with zero attached hydrogens (tertiary/aromatic N) is 2. The summed E-state index contributed by atoms with van der Waals surface area (Å²) in [6, 6.07) is 9.61. The van der Waals surface area contributed by atoms with Crippen molar-refractivity contribution in [2.45, 2.75) is 6.92 Å². The topological polar surface area (TPSA) is 51.7 Å². The maximum atomic E-state index is 13.0. The lowest BCUT2D eigenvalue weighted by Gasteiger charge is -2.26. The molecule has 2 fully saturated rings. The molecule has 0 unspecified atom stereocenters. The smallest absolute Gasteiger partial charge is 0.253 e. The van der Waals surface area contributed by atoms with Crippen LogP contribution in [-0.2, 0) is 9.47 Å². The molecule has 1 aromatic heterocycles. The van der Waals surface area contributed by atoms with E-state index in [-0.39, 0.29) is 11.3 Å². The zero-order chi connectivity index (χ0) is 16.6. The molecule has 1 amide bonds. The van der Waals surface area contributed by atoms with Crippen LogP contribution in [0.5, 0.6) is 0 Å². The van der Waals surface area contributed by atoms with E-state index in [1.165, 1.54) is 0 Å². The number of amides is 1. The minimum atomic E-state index is -0.0376. The number of benzene rings is 1. The van der Waals surface area contributed by atoms with Gasteiger partial charge >= 0.3 is 0 Å². The summed E-state index contributed by atoms with van der Waals surface area (Å²) in [7, 11) is 0. The van der Waals surface area contributed by atoms with Crippen LogP contribution in [0.25, 0.3) is 10.9 Å². The molecule has 2 aromatic rings. The normalized spacial score (nSPS) is 26.0. The number of fused-ring (bicyclic) bond motifs is 2. The lowest BCUT2D eigenvalue weighted by Crippen LogP contribution is -2.37. The molecule has 0 N–H and O–H groups in total.